The molecule has 0 fully saturated rings. The minimum atomic E-state index is -0.403. The maximum absolute atomic E-state index is 13.2. The molecule has 0 saturated carbocycles. The fourth-order valence-corrected chi connectivity index (χ4v) is 5.24. The van der Waals surface area contributed by atoms with Crippen molar-refractivity contribution in [3.63, 3.8) is 0 Å². The molecule has 0 heterocycles. The molecule has 0 aliphatic rings. The molecular weight excluding hydrogens is 520 g/mol. The van der Waals surface area contributed by atoms with E-state index < -0.39 is 5.97 Å². The molecule has 0 spiro atoms. The summed E-state index contributed by atoms with van der Waals surface area (Å²) in [5.74, 6) is -0.186. The average molecular weight is 579 g/mol. The highest BCUT2D eigenvalue weighted by molar-refractivity contribution is 5.93. The maximum atomic E-state index is 13.2. The molecule has 0 saturated heterocycles. The molecule has 234 valence electrons. The number of carbonyl (C=O) groups excluding carboxylic acids is 2. The summed E-state index contributed by atoms with van der Waals surface area (Å²) in [5.41, 5.74) is 1.95. The van der Waals surface area contributed by atoms with Gasteiger partial charge in [-0.2, -0.15) is 0 Å². The average Bonchev–Trinajstić information content (AvgIpc) is 2.94. The minimum absolute atomic E-state index is 0.318. The van der Waals surface area contributed by atoms with Crippen LogP contribution in [0.3, 0.4) is 0 Å². The lowest BCUT2D eigenvalue weighted by Gasteiger charge is -2.30. The molecule has 2 aromatic carbocycles. The van der Waals surface area contributed by atoms with Crippen LogP contribution >= 0.6 is 0 Å². The first-order valence-corrected chi connectivity index (χ1v) is 16.6. The molecule has 0 aliphatic carbocycles. The summed E-state index contributed by atoms with van der Waals surface area (Å²) in [7, 11) is 0. The highest BCUT2D eigenvalue weighted by Gasteiger charge is 2.31. The van der Waals surface area contributed by atoms with Gasteiger partial charge in [-0.3, -0.25) is 0 Å². The zero-order valence-corrected chi connectivity index (χ0v) is 27.8. The van der Waals surface area contributed by atoms with Gasteiger partial charge >= 0.3 is 11.9 Å². The van der Waals surface area contributed by atoms with E-state index in [1.165, 1.54) is 77.0 Å². The third-order valence-electron chi connectivity index (χ3n) is 7.88. The molecule has 0 amide bonds. The molecular formula is C38H58O4. The Kier molecular flexibility index (Phi) is 15.4. The van der Waals surface area contributed by atoms with Crippen LogP contribution < -0.4 is 4.74 Å². The molecule has 4 heteroatoms. The van der Waals surface area contributed by atoms with Crippen molar-refractivity contribution in [1.82, 2.24) is 0 Å². The van der Waals surface area contributed by atoms with E-state index in [-0.39, 0.29) is 16.8 Å². The van der Waals surface area contributed by atoms with Gasteiger partial charge in [-0.1, -0.05) is 150 Å². The Morgan fingerprint density at radius 1 is 0.571 bits per heavy atom. The zero-order chi connectivity index (χ0) is 31.0. The van der Waals surface area contributed by atoms with Gasteiger partial charge < -0.3 is 9.47 Å². The van der Waals surface area contributed by atoms with E-state index in [9.17, 15) is 9.59 Å². The summed E-state index contributed by atoms with van der Waals surface area (Å²) < 4.78 is 11.8. The number of hydrogen-bond donors (Lipinski definition) is 0. The van der Waals surface area contributed by atoms with Crippen molar-refractivity contribution in [2.24, 2.45) is 0 Å². The van der Waals surface area contributed by atoms with Gasteiger partial charge in [0, 0.05) is 11.1 Å². The Bertz CT molecular complexity index is 1040. The predicted molar refractivity (Wildman–Crippen MR) is 176 cm³/mol. The fraction of sp³-hybridized carbons (Fsp3) is 0.632. The number of ether oxygens (including phenoxy) is 2. The molecule has 2 rings (SSSR count). The normalized spacial score (nSPS) is 11.9. The van der Waals surface area contributed by atoms with E-state index >= 15 is 0 Å². The summed E-state index contributed by atoms with van der Waals surface area (Å²) in [6, 6.07) is 12.7. The second-order valence-corrected chi connectivity index (χ2v) is 13.9. The largest absolute Gasteiger partial charge is 0.462 e. The number of esters is 2. The van der Waals surface area contributed by atoms with Crippen molar-refractivity contribution in [2.45, 2.75) is 149 Å². The van der Waals surface area contributed by atoms with E-state index in [0.717, 1.165) is 24.0 Å². The molecule has 0 radical (unpaired) electrons. The van der Waals surface area contributed by atoms with Gasteiger partial charge in [0.1, 0.15) is 5.75 Å². The van der Waals surface area contributed by atoms with Crippen LogP contribution in [0.2, 0.25) is 0 Å². The van der Waals surface area contributed by atoms with Crippen LogP contribution in [0.15, 0.2) is 42.5 Å². The number of unbranched alkanes of at least 4 members (excludes halogenated alkanes) is 13. The zero-order valence-electron chi connectivity index (χ0n) is 27.8. The second-order valence-electron chi connectivity index (χ2n) is 13.9. The van der Waals surface area contributed by atoms with E-state index in [2.05, 4.69) is 48.5 Å². The van der Waals surface area contributed by atoms with Gasteiger partial charge in [-0.05, 0) is 41.5 Å². The van der Waals surface area contributed by atoms with E-state index in [4.69, 9.17) is 9.47 Å². The van der Waals surface area contributed by atoms with Crippen LogP contribution in [0.1, 0.15) is 170 Å². The lowest BCUT2D eigenvalue weighted by molar-refractivity contribution is 0.0497. The van der Waals surface area contributed by atoms with E-state index in [0.29, 0.717) is 23.5 Å². The second kappa shape index (κ2) is 18.1. The quantitative estimate of drug-likeness (QED) is 0.100. The van der Waals surface area contributed by atoms with Crippen molar-refractivity contribution in [3.05, 3.63) is 64.7 Å². The standard InChI is InChI=1S/C38H58O4/c1-8-9-10-11-12-13-14-15-16-17-18-19-20-24-27-41-35(39)31-28-32(37(2,3)4)34(33(29-31)38(5,6)7)42-36(40)30-25-22-21-23-26-30/h21-23,25-26,28-29H,8-20,24,27H2,1-7H3. The summed E-state index contributed by atoms with van der Waals surface area (Å²) in [6.07, 6.45) is 18.1. The van der Waals surface area contributed by atoms with Crippen LogP contribution in [-0.4, -0.2) is 18.5 Å². The van der Waals surface area contributed by atoms with E-state index in [1.54, 1.807) is 12.1 Å². The first kappa shape index (κ1) is 35.6. The van der Waals surface area contributed by atoms with Crippen molar-refractivity contribution in [2.75, 3.05) is 6.61 Å². The van der Waals surface area contributed by atoms with Crippen LogP contribution in [0.25, 0.3) is 0 Å². The number of rotatable bonds is 18. The Hall–Kier alpha value is -2.62. The first-order valence-electron chi connectivity index (χ1n) is 16.6. The summed E-state index contributed by atoms with van der Waals surface area (Å²) >= 11 is 0. The maximum Gasteiger partial charge on any atom is 0.343 e. The van der Waals surface area contributed by atoms with Crippen molar-refractivity contribution < 1.29 is 19.1 Å². The van der Waals surface area contributed by atoms with Gasteiger partial charge in [0.25, 0.3) is 0 Å². The molecule has 0 aromatic heterocycles. The molecule has 0 N–H and O–H groups in total. The summed E-state index contributed by atoms with van der Waals surface area (Å²) in [4.78, 5) is 26.2. The monoisotopic (exact) mass is 578 g/mol. The highest BCUT2D eigenvalue weighted by Crippen LogP contribution is 2.41. The summed E-state index contributed by atoms with van der Waals surface area (Å²) in [5, 5.41) is 0. The highest BCUT2D eigenvalue weighted by atomic mass is 16.5. The predicted octanol–water partition coefficient (Wildman–Crippen LogP) is 11.1. The lowest BCUT2D eigenvalue weighted by atomic mass is 9.78. The van der Waals surface area contributed by atoms with E-state index in [1.807, 2.05) is 30.3 Å². The summed E-state index contributed by atoms with van der Waals surface area (Å²) in [6.45, 7) is 15.1. The third kappa shape index (κ3) is 12.7. The van der Waals surface area contributed by atoms with Crippen LogP contribution in [-0.2, 0) is 15.6 Å². The van der Waals surface area contributed by atoms with Crippen molar-refractivity contribution in [1.29, 1.82) is 0 Å². The van der Waals surface area contributed by atoms with Crippen LogP contribution in [0.5, 0.6) is 5.75 Å². The minimum Gasteiger partial charge on any atom is -0.462 e. The molecule has 0 aliphatic heterocycles. The lowest BCUT2D eigenvalue weighted by Crippen LogP contribution is -2.23. The molecule has 0 bridgehead atoms. The Morgan fingerprint density at radius 3 is 1.43 bits per heavy atom. The van der Waals surface area contributed by atoms with Crippen LogP contribution in [0.4, 0.5) is 0 Å². The van der Waals surface area contributed by atoms with Gasteiger partial charge in [-0.25, -0.2) is 9.59 Å². The molecule has 4 nitrogen and oxygen atoms in total. The molecule has 0 atom stereocenters. The van der Waals surface area contributed by atoms with Crippen molar-refractivity contribution in [3.8, 4) is 5.75 Å². The van der Waals surface area contributed by atoms with Gasteiger partial charge in [0.15, 0.2) is 0 Å². The third-order valence-corrected chi connectivity index (χ3v) is 7.88. The van der Waals surface area contributed by atoms with Gasteiger partial charge in [0.05, 0.1) is 17.7 Å². The molecule has 0 unspecified atom stereocenters. The SMILES string of the molecule is CCCCCCCCCCCCCCCCOC(=O)c1cc(C(C)(C)C)c(OC(=O)c2ccccc2)c(C(C)(C)C)c1. The van der Waals surface area contributed by atoms with Crippen molar-refractivity contribution >= 4 is 11.9 Å². The smallest absolute Gasteiger partial charge is 0.343 e. The molecule has 42 heavy (non-hydrogen) atoms. The topological polar surface area (TPSA) is 52.6 Å². The number of carbonyl (C=O) groups is 2. The van der Waals surface area contributed by atoms with Gasteiger partial charge in [0.2, 0.25) is 0 Å². The number of hydrogen-bond acceptors (Lipinski definition) is 4. The Labute approximate surface area is 257 Å². The Balaban J connectivity index is 1.88. The van der Waals surface area contributed by atoms with Crippen LogP contribution in [0, 0.1) is 0 Å². The first-order chi connectivity index (χ1) is 19.9. The number of benzene rings is 2. The van der Waals surface area contributed by atoms with Gasteiger partial charge in [-0.15, -0.1) is 0 Å². The fourth-order valence-electron chi connectivity index (χ4n) is 5.24. The Morgan fingerprint density at radius 2 is 1.00 bits per heavy atom. The molecule has 2 aromatic rings.